The average molecular weight is 693 g/mol. The van der Waals surface area contributed by atoms with Crippen molar-refractivity contribution in [1.29, 1.82) is 0 Å². The molecule has 8 nitrogen and oxygen atoms in total. The van der Waals surface area contributed by atoms with Gasteiger partial charge in [0, 0.05) is 53.9 Å². The summed E-state index contributed by atoms with van der Waals surface area (Å²) in [5.74, 6) is -0.493. The summed E-state index contributed by atoms with van der Waals surface area (Å²) in [5.41, 5.74) is 11.1. The summed E-state index contributed by atoms with van der Waals surface area (Å²) in [6.45, 7) is 4.97. The number of benzene rings is 2. The molecule has 2 aromatic rings. The lowest BCUT2D eigenvalue weighted by molar-refractivity contribution is -0.159. The zero-order chi connectivity index (χ0) is 33.4. The molecule has 0 aromatic heterocycles. The molecule has 0 saturated carbocycles. The van der Waals surface area contributed by atoms with E-state index in [1.807, 2.05) is 18.1 Å². The second kappa shape index (κ2) is 16.6. The van der Waals surface area contributed by atoms with E-state index in [2.05, 4.69) is 5.32 Å². The number of carbonyl (C=O) groups is 2. The Hall–Kier alpha value is -2.22. The Balaban J connectivity index is 1.87. The van der Waals surface area contributed by atoms with E-state index >= 15 is 0 Å². The normalized spacial score (nSPS) is 16.7. The smallest absolute Gasteiger partial charge is 0.416 e. The number of thioether (sulfide) groups is 1. The molecule has 45 heavy (non-hydrogen) atoms. The van der Waals surface area contributed by atoms with Crippen molar-refractivity contribution in [2.45, 2.75) is 70.1 Å². The van der Waals surface area contributed by atoms with E-state index in [4.69, 9.17) is 39.4 Å². The van der Waals surface area contributed by atoms with E-state index in [1.54, 1.807) is 30.0 Å². The van der Waals surface area contributed by atoms with Gasteiger partial charge in [0.25, 0.3) is 0 Å². The summed E-state index contributed by atoms with van der Waals surface area (Å²) in [4.78, 5) is 30.4. The fourth-order valence-electron chi connectivity index (χ4n) is 5.24. The number of carbonyl (C=O) groups excluding carboxylic acids is 2. The van der Waals surface area contributed by atoms with Gasteiger partial charge in [-0.15, -0.1) is 0 Å². The third kappa shape index (κ3) is 10.1. The van der Waals surface area contributed by atoms with Gasteiger partial charge in [0.15, 0.2) is 6.23 Å². The highest BCUT2D eigenvalue weighted by atomic mass is 35.5. The number of halogens is 5. The minimum atomic E-state index is -4.66. The number of rotatable bonds is 14. The van der Waals surface area contributed by atoms with Crippen LogP contribution in [0, 0.1) is 0 Å². The summed E-state index contributed by atoms with van der Waals surface area (Å²) in [7, 11) is 0. The van der Waals surface area contributed by atoms with Gasteiger partial charge in [0.1, 0.15) is 5.54 Å². The maximum atomic E-state index is 14.0. The van der Waals surface area contributed by atoms with Crippen LogP contribution >= 0.6 is 35.0 Å². The van der Waals surface area contributed by atoms with Gasteiger partial charge >= 0.3 is 12.1 Å². The lowest BCUT2D eigenvalue weighted by Crippen LogP contribution is -2.53. The second-order valence-electron chi connectivity index (χ2n) is 11.2. The number of nitrogens with two attached hydrogens (primary N) is 2. The highest BCUT2D eigenvalue weighted by Gasteiger charge is 2.43. The van der Waals surface area contributed by atoms with Crippen LogP contribution in [-0.4, -0.2) is 67.4 Å². The molecule has 14 heteroatoms. The maximum Gasteiger partial charge on any atom is 0.416 e. The molecule has 1 fully saturated rings. The predicted molar refractivity (Wildman–Crippen MR) is 175 cm³/mol. The average Bonchev–Trinajstić information content (AvgIpc) is 2.98. The summed E-state index contributed by atoms with van der Waals surface area (Å²) in [6, 6.07) is 8.45. The van der Waals surface area contributed by atoms with Crippen molar-refractivity contribution in [2.75, 3.05) is 43.1 Å². The Bertz CT molecular complexity index is 1310. The molecule has 0 bridgehead atoms. The Morgan fingerprint density at radius 1 is 1.11 bits per heavy atom. The van der Waals surface area contributed by atoms with Gasteiger partial charge in [-0.25, -0.2) is 4.79 Å². The molecule has 3 rings (SSSR count). The molecule has 250 valence electrons. The molecular formula is C31H42Cl2F3N5O3S. The van der Waals surface area contributed by atoms with E-state index in [9.17, 15) is 22.8 Å². The molecule has 1 aliphatic heterocycles. The third-order valence-corrected chi connectivity index (χ3v) is 8.91. The van der Waals surface area contributed by atoms with Crippen LogP contribution in [0.4, 0.5) is 18.9 Å². The molecule has 0 radical (unpaired) electrons. The fourth-order valence-corrected chi connectivity index (χ4v) is 6.27. The maximum absolute atomic E-state index is 14.0. The molecule has 1 amide bonds. The lowest BCUT2D eigenvalue weighted by atomic mass is 9.85. The third-order valence-electron chi connectivity index (χ3n) is 7.71. The van der Waals surface area contributed by atoms with Crippen LogP contribution in [0.5, 0.6) is 0 Å². The Labute approximate surface area is 277 Å². The number of aryl methyl sites for hydroxylation is 1. The number of anilines is 1. The molecule has 1 saturated heterocycles. The van der Waals surface area contributed by atoms with Crippen LogP contribution in [0.1, 0.15) is 56.2 Å². The number of amides is 1. The number of ether oxygens (including phenoxy) is 1. The van der Waals surface area contributed by atoms with E-state index in [-0.39, 0.29) is 24.3 Å². The SMILES string of the molecule is CCCC(NC(C)N)OC(=O)C(N)(CCSC)c1cc(C(F)(F)F)ccc1N1CCN(C(=O)CCc2ccc(Cl)cc2Cl)CC1. The summed E-state index contributed by atoms with van der Waals surface area (Å²) in [5, 5.41) is 3.99. The van der Waals surface area contributed by atoms with Crippen molar-refractivity contribution >= 4 is 52.5 Å². The first-order chi connectivity index (χ1) is 21.2. The van der Waals surface area contributed by atoms with Gasteiger partial charge < -0.3 is 26.0 Å². The number of piperazine rings is 1. The van der Waals surface area contributed by atoms with E-state index in [0.29, 0.717) is 66.9 Å². The van der Waals surface area contributed by atoms with Crippen LogP contribution in [0.15, 0.2) is 36.4 Å². The minimum Gasteiger partial charge on any atom is -0.445 e. The summed E-state index contributed by atoms with van der Waals surface area (Å²) >= 11 is 13.6. The first-order valence-electron chi connectivity index (χ1n) is 14.9. The quantitative estimate of drug-likeness (QED) is 0.169. The molecule has 1 heterocycles. The Kier molecular flexibility index (Phi) is 13.7. The highest BCUT2D eigenvalue weighted by Crippen LogP contribution is 2.39. The van der Waals surface area contributed by atoms with E-state index < -0.39 is 35.6 Å². The highest BCUT2D eigenvalue weighted by molar-refractivity contribution is 7.98. The first-order valence-corrected chi connectivity index (χ1v) is 17.0. The number of hydrogen-bond acceptors (Lipinski definition) is 8. The van der Waals surface area contributed by atoms with Crippen molar-refractivity contribution in [2.24, 2.45) is 11.5 Å². The Morgan fingerprint density at radius 3 is 2.38 bits per heavy atom. The Morgan fingerprint density at radius 2 is 1.80 bits per heavy atom. The van der Waals surface area contributed by atoms with Crippen molar-refractivity contribution in [3.63, 3.8) is 0 Å². The zero-order valence-corrected chi connectivity index (χ0v) is 28.1. The molecule has 1 aliphatic rings. The largest absolute Gasteiger partial charge is 0.445 e. The van der Waals surface area contributed by atoms with Gasteiger partial charge in [-0.3, -0.25) is 10.1 Å². The van der Waals surface area contributed by atoms with Gasteiger partial charge in [0.2, 0.25) is 5.91 Å². The monoisotopic (exact) mass is 691 g/mol. The number of nitrogens with zero attached hydrogens (tertiary/aromatic N) is 2. The van der Waals surface area contributed by atoms with Gasteiger partial charge in [-0.05, 0) is 74.1 Å². The first kappa shape index (κ1) is 37.2. The van der Waals surface area contributed by atoms with Gasteiger partial charge in [-0.1, -0.05) is 42.6 Å². The topological polar surface area (TPSA) is 114 Å². The van der Waals surface area contributed by atoms with Gasteiger partial charge in [0.05, 0.1) is 11.7 Å². The van der Waals surface area contributed by atoms with Crippen LogP contribution < -0.4 is 21.7 Å². The molecule has 2 aromatic carbocycles. The number of esters is 1. The second-order valence-corrected chi connectivity index (χ2v) is 13.0. The van der Waals surface area contributed by atoms with Crippen molar-refractivity contribution < 1.29 is 27.5 Å². The fraction of sp³-hybridized carbons (Fsp3) is 0.548. The van der Waals surface area contributed by atoms with E-state index in [1.165, 1.54) is 17.8 Å². The van der Waals surface area contributed by atoms with Crippen LogP contribution in [0.2, 0.25) is 10.0 Å². The van der Waals surface area contributed by atoms with Crippen LogP contribution in [0.3, 0.4) is 0 Å². The lowest BCUT2D eigenvalue weighted by Gasteiger charge is -2.40. The number of nitrogens with one attached hydrogen (secondary N) is 1. The standard InChI is InChI=1S/C31H42Cl2F3N5O3S/c1-4-5-27(39-20(2)37)44-29(43)30(38,12-17-45-3)24-18-22(31(34,35)36)8-10-26(24)40-13-15-41(16-14-40)28(42)11-7-21-6-9-23(32)19-25(21)33/h6,8-10,18-20,27,39H,4-5,7,11-17,37-38H2,1-3H3. The predicted octanol–water partition coefficient (Wildman–Crippen LogP) is 5.76. The molecule has 3 atom stereocenters. The van der Waals surface area contributed by atoms with E-state index in [0.717, 1.165) is 17.7 Å². The molecule has 0 spiro atoms. The molecule has 3 unspecified atom stereocenters. The summed E-state index contributed by atoms with van der Waals surface area (Å²) < 4.78 is 47.7. The van der Waals surface area contributed by atoms with Crippen molar-refractivity contribution in [3.8, 4) is 0 Å². The van der Waals surface area contributed by atoms with Crippen LogP contribution in [-0.2, 0) is 32.5 Å². The zero-order valence-electron chi connectivity index (χ0n) is 25.8. The molecular weight excluding hydrogens is 650 g/mol. The summed E-state index contributed by atoms with van der Waals surface area (Å²) in [6.07, 6.45) is -2.22. The number of alkyl halides is 3. The molecule has 0 aliphatic carbocycles. The van der Waals surface area contributed by atoms with Gasteiger partial charge in [-0.2, -0.15) is 24.9 Å². The minimum absolute atomic E-state index is 0.0320. The van der Waals surface area contributed by atoms with Crippen molar-refractivity contribution in [1.82, 2.24) is 10.2 Å². The van der Waals surface area contributed by atoms with Crippen LogP contribution in [0.25, 0.3) is 0 Å². The van der Waals surface area contributed by atoms with Crippen molar-refractivity contribution in [3.05, 3.63) is 63.1 Å². The molecule has 5 N–H and O–H groups in total. The number of hydrogen-bond donors (Lipinski definition) is 3.